The number of halogens is 1. The van der Waals surface area contributed by atoms with Gasteiger partial charge in [-0.15, -0.1) is 0 Å². The van der Waals surface area contributed by atoms with Crippen LogP contribution in [0.2, 0.25) is 0 Å². The van der Waals surface area contributed by atoms with E-state index in [0.29, 0.717) is 31.0 Å². The number of ether oxygens (including phenoxy) is 2. The third-order valence-electron chi connectivity index (χ3n) is 3.72. The van der Waals surface area contributed by atoms with E-state index in [4.69, 9.17) is 9.47 Å². The fourth-order valence-electron chi connectivity index (χ4n) is 2.37. The molecule has 2 aromatic rings. The van der Waals surface area contributed by atoms with Crippen LogP contribution in [0.3, 0.4) is 0 Å². The van der Waals surface area contributed by atoms with Crippen LogP contribution < -0.4 is 4.74 Å². The highest BCUT2D eigenvalue weighted by molar-refractivity contribution is 5.89. The van der Waals surface area contributed by atoms with Gasteiger partial charge in [0.15, 0.2) is 6.61 Å². The van der Waals surface area contributed by atoms with Crippen molar-refractivity contribution in [2.75, 3.05) is 19.8 Å². The van der Waals surface area contributed by atoms with E-state index < -0.39 is 5.97 Å². The van der Waals surface area contributed by atoms with Gasteiger partial charge >= 0.3 is 5.97 Å². The summed E-state index contributed by atoms with van der Waals surface area (Å²) in [5, 5.41) is 0. The molecule has 2 rings (SSSR count). The van der Waals surface area contributed by atoms with Crippen LogP contribution in [-0.4, -0.2) is 36.5 Å². The van der Waals surface area contributed by atoms with Crippen LogP contribution >= 0.6 is 0 Å². The molecule has 0 saturated carbocycles. The maximum atomic E-state index is 13.3. The Bertz CT molecular complexity index is 746. The molecule has 1 amide bonds. The van der Waals surface area contributed by atoms with E-state index in [1.54, 1.807) is 48.2 Å². The fraction of sp³-hybridized carbons (Fsp3) is 0.300. The lowest BCUT2D eigenvalue weighted by molar-refractivity contribution is -0.133. The summed E-state index contributed by atoms with van der Waals surface area (Å²) in [5.41, 5.74) is 1.14. The van der Waals surface area contributed by atoms with Gasteiger partial charge in [-0.1, -0.05) is 12.1 Å². The molecule has 26 heavy (non-hydrogen) atoms. The van der Waals surface area contributed by atoms with Crippen molar-refractivity contribution in [2.45, 2.75) is 20.4 Å². The Labute approximate surface area is 152 Å². The SMILES string of the molecule is CCOC(=O)c1ccc(OCC(=O)N(CC)Cc2cccc(F)c2)cc1. The molecule has 0 aromatic heterocycles. The topological polar surface area (TPSA) is 55.8 Å². The van der Waals surface area contributed by atoms with Gasteiger partial charge in [-0.3, -0.25) is 4.79 Å². The Hall–Kier alpha value is -2.89. The van der Waals surface area contributed by atoms with Gasteiger partial charge in [0.2, 0.25) is 0 Å². The number of hydrogen-bond donors (Lipinski definition) is 0. The Kier molecular flexibility index (Phi) is 7.14. The van der Waals surface area contributed by atoms with Crippen molar-refractivity contribution >= 4 is 11.9 Å². The smallest absolute Gasteiger partial charge is 0.338 e. The normalized spacial score (nSPS) is 10.3. The van der Waals surface area contributed by atoms with E-state index in [-0.39, 0.29) is 18.3 Å². The Balaban J connectivity index is 1.90. The van der Waals surface area contributed by atoms with Gasteiger partial charge in [0, 0.05) is 13.1 Å². The number of rotatable bonds is 8. The lowest BCUT2D eigenvalue weighted by Gasteiger charge is -2.21. The molecule has 0 spiro atoms. The molecule has 6 heteroatoms. The number of carbonyl (C=O) groups is 2. The summed E-state index contributed by atoms with van der Waals surface area (Å²) in [6.45, 7) is 4.57. The molecule has 5 nitrogen and oxygen atoms in total. The number of amides is 1. The van der Waals surface area contributed by atoms with Crippen LogP contribution in [0.5, 0.6) is 5.75 Å². The second-order valence-electron chi connectivity index (χ2n) is 5.57. The van der Waals surface area contributed by atoms with E-state index in [0.717, 1.165) is 5.56 Å². The highest BCUT2D eigenvalue weighted by Gasteiger charge is 2.14. The summed E-state index contributed by atoms with van der Waals surface area (Å²) in [4.78, 5) is 25.5. The second-order valence-corrected chi connectivity index (χ2v) is 5.57. The number of benzene rings is 2. The predicted octanol–water partition coefficient (Wildman–Crippen LogP) is 3.43. The Morgan fingerprint density at radius 2 is 1.81 bits per heavy atom. The first-order valence-corrected chi connectivity index (χ1v) is 8.45. The maximum absolute atomic E-state index is 13.3. The van der Waals surface area contributed by atoms with Gasteiger partial charge in [-0.25, -0.2) is 9.18 Å². The van der Waals surface area contributed by atoms with Crippen LogP contribution in [-0.2, 0) is 16.1 Å². The van der Waals surface area contributed by atoms with Crippen molar-refractivity contribution in [1.82, 2.24) is 4.90 Å². The fourth-order valence-corrected chi connectivity index (χ4v) is 2.37. The molecule has 0 bridgehead atoms. The summed E-state index contributed by atoms with van der Waals surface area (Å²) in [5.74, 6) is -0.453. The average molecular weight is 359 g/mol. The standard InChI is InChI=1S/C20H22FNO4/c1-3-22(13-15-6-5-7-17(21)12-15)19(23)14-26-18-10-8-16(9-11-18)20(24)25-4-2/h5-12H,3-4,13-14H2,1-2H3. The monoisotopic (exact) mass is 359 g/mol. The summed E-state index contributed by atoms with van der Waals surface area (Å²) in [7, 11) is 0. The van der Waals surface area contributed by atoms with Gasteiger partial charge in [0.05, 0.1) is 12.2 Å². The molecule has 0 unspecified atom stereocenters. The molecule has 0 aliphatic heterocycles. The minimum absolute atomic E-state index is 0.137. The molecular weight excluding hydrogens is 337 g/mol. The Morgan fingerprint density at radius 1 is 1.08 bits per heavy atom. The highest BCUT2D eigenvalue weighted by atomic mass is 19.1. The molecule has 0 fully saturated rings. The van der Waals surface area contributed by atoms with Crippen molar-refractivity contribution in [3.05, 3.63) is 65.5 Å². The molecule has 0 N–H and O–H groups in total. The first kappa shape index (κ1) is 19.4. The molecule has 0 atom stereocenters. The quantitative estimate of drug-likeness (QED) is 0.678. The first-order valence-electron chi connectivity index (χ1n) is 8.45. The van der Waals surface area contributed by atoms with Crippen molar-refractivity contribution in [2.24, 2.45) is 0 Å². The average Bonchev–Trinajstić information content (AvgIpc) is 2.65. The molecular formula is C20H22FNO4. The van der Waals surface area contributed by atoms with Gasteiger partial charge in [-0.05, 0) is 55.8 Å². The minimum atomic E-state index is -0.401. The third-order valence-corrected chi connectivity index (χ3v) is 3.72. The first-order chi connectivity index (χ1) is 12.5. The summed E-state index contributed by atoms with van der Waals surface area (Å²) in [6, 6.07) is 12.6. The summed E-state index contributed by atoms with van der Waals surface area (Å²) >= 11 is 0. The summed E-state index contributed by atoms with van der Waals surface area (Å²) in [6.07, 6.45) is 0. The van der Waals surface area contributed by atoms with Gasteiger partial charge in [-0.2, -0.15) is 0 Å². The van der Waals surface area contributed by atoms with Crippen LogP contribution in [0.1, 0.15) is 29.8 Å². The van der Waals surface area contributed by atoms with E-state index in [9.17, 15) is 14.0 Å². The van der Waals surface area contributed by atoms with Crippen LogP contribution in [0, 0.1) is 5.82 Å². The van der Waals surface area contributed by atoms with E-state index in [2.05, 4.69) is 0 Å². The van der Waals surface area contributed by atoms with Crippen LogP contribution in [0.4, 0.5) is 4.39 Å². The van der Waals surface area contributed by atoms with Crippen LogP contribution in [0.25, 0.3) is 0 Å². The molecule has 0 saturated heterocycles. The summed E-state index contributed by atoms with van der Waals surface area (Å²) < 4.78 is 23.7. The second kappa shape index (κ2) is 9.56. The van der Waals surface area contributed by atoms with Crippen molar-refractivity contribution in [3.8, 4) is 5.75 Å². The molecule has 0 aliphatic rings. The molecule has 0 heterocycles. The number of nitrogens with zero attached hydrogens (tertiary/aromatic N) is 1. The maximum Gasteiger partial charge on any atom is 0.338 e. The number of carbonyl (C=O) groups excluding carboxylic acids is 2. The van der Waals surface area contributed by atoms with Gasteiger partial charge < -0.3 is 14.4 Å². The highest BCUT2D eigenvalue weighted by Crippen LogP contribution is 2.14. The van der Waals surface area contributed by atoms with Crippen LogP contribution in [0.15, 0.2) is 48.5 Å². The predicted molar refractivity (Wildman–Crippen MR) is 95.4 cm³/mol. The lowest BCUT2D eigenvalue weighted by Crippen LogP contribution is -2.34. The zero-order valence-corrected chi connectivity index (χ0v) is 14.9. The van der Waals surface area contributed by atoms with E-state index >= 15 is 0 Å². The van der Waals surface area contributed by atoms with Crippen molar-refractivity contribution < 1.29 is 23.5 Å². The van der Waals surface area contributed by atoms with Gasteiger partial charge in [0.1, 0.15) is 11.6 Å². The molecule has 0 aliphatic carbocycles. The minimum Gasteiger partial charge on any atom is -0.484 e. The zero-order valence-electron chi connectivity index (χ0n) is 14.9. The van der Waals surface area contributed by atoms with Gasteiger partial charge in [0.25, 0.3) is 5.91 Å². The molecule has 0 radical (unpaired) electrons. The third kappa shape index (κ3) is 5.58. The van der Waals surface area contributed by atoms with Crippen molar-refractivity contribution in [1.29, 1.82) is 0 Å². The number of hydrogen-bond acceptors (Lipinski definition) is 4. The zero-order chi connectivity index (χ0) is 18.9. The van der Waals surface area contributed by atoms with Crippen molar-refractivity contribution in [3.63, 3.8) is 0 Å². The largest absolute Gasteiger partial charge is 0.484 e. The lowest BCUT2D eigenvalue weighted by atomic mass is 10.2. The van der Waals surface area contributed by atoms with E-state index in [1.807, 2.05) is 6.92 Å². The molecule has 138 valence electrons. The number of esters is 1. The van der Waals surface area contributed by atoms with E-state index in [1.165, 1.54) is 12.1 Å². The molecule has 2 aromatic carbocycles. The number of likely N-dealkylation sites (N-methyl/N-ethyl adjacent to an activating group) is 1. The Morgan fingerprint density at radius 3 is 2.42 bits per heavy atom.